The van der Waals surface area contributed by atoms with Crippen molar-refractivity contribution in [1.82, 2.24) is 5.32 Å². The molecule has 0 aliphatic heterocycles. The first-order valence-corrected chi connectivity index (χ1v) is 5.86. The molecule has 0 saturated heterocycles. The van der Waals surface area contributed by atoms with Crippen molar-refractivity contribution in [3.05, 3.63) is 29.8 Å². The number of rotatable bonds is 5. The molecule has 1 N–H and O–H groups in total. The Balaban J connectivity index is 2.71. The molecule has 1 aromatic carbocycles. The van der Waals surface area contributed by atoms with Gasteiger partial charge in [-0.15, -0.1) is 13.2 Å². The highest BCUT2D eigenvalue weighted by Gasteiger charge is 2.31. The third-order valence-electron chi connectivity index (χ3n) is 2.81. The van der Waals surface area contributed by atoms with Gasteiger partial charge in [-0.2, -0.15) is 0 Å². The molecule has 0 heterocycles. The van der Waals surface area contributed by atoms with Crippen molar-refractivity contribution >= 4 is 0 Å². The molecule has 102 valence electrons. The first-order chi connectivity index (χ1) is 8.29. The molecular weight excluding hydrogens is 243 g/mol. The Kier molecular flexibility index (Phi) is 5.02. The Morgan fingerprint density at radius 2 is 1.78 bits per heavy atom. The van der Waals surface area contributed by atoms with Crippen LogP contribution in [0.4, 0.5) is 13.2 Å². The number of hydrogen-bond donors (Lipinski definition) is 1. The largest absolute Gasteiger partial charge is 0.573 e. The fourth-order valence-corrected chi connectivity index (χ4v) is 1.38. The molecule has 1 aromatic rings. The lowest BCUT2D eigenvalue weighted by Gasteiger charge is -2.19. The fourth-order valence-electron chi connectivity index (χ4n) is 1.38. The summed E-state index contributed by atoms with van der Waals surface area (Å²) in [6.45, 7) is 6.45. The standard InChI is InChI=1S/C13H18F3NO/c1-9(2)10(3)17-8-11-6-4-5-7-12(11)18-13(14,15)16/h4-7,9-10,17H,8H2,1-3H3. The van der Waals surface area contributed by atoms with Crippen molar-refractivity contribution in [3.8, 4) is 5.75 Å². The van der Waals surface area contributed by atoms with Crippen LogP contribution in [0.15, 0.2) is 24.3 Å². The Labute approximate surface area is 105 Å². The highest BCUT2D eigenvalue weighted by molar-refractivity contribution is 5.33. The molecule has 1 rings (SSSR count). The van der Waals surface area contributed by atoms with Crippen molar-refractivity contribution in [2.24, 2.45) is 5.92 Å². The predicted octanol–water partition coefficient (Wildman–Crippen LogP) is 3.72. The van der Waals surface area contributed by atoms with E-state index in [9.17, 15) is 13.2 Å². The van der Waals surface area contributed by atoms with Crippen molar-refractivity contribution in [2.45, 2.75) is 39.7 Å². The minimum absolute atomic E-state index is 0.145. The molecule has 0 saturated carbocycles. The second-order valence-electron chi connectivity index (χ2n) is 4.57. The molecule has 0 fully saturated rings. The van der Waals surface area contributed by atoms with Crippen LogP contribution in [0, 0.1) is 5.92 Å². The number of benzene rings is 1. The summed E-state index contributed by atoms with van der Waals surface area (Å²) in [6.07, 6.45) is -4.65. The van der Waals surface area contributed by atoms with Crippen molar-refractivity contribution < 1.29 is 17.9 Å². The Morgan fingerprint density at radius 1 is 1.17 bits per heavy atom. The first-order valence-electron chi connectivity index (χ1n) is 5.86. The molecule has 1 atom stereocenters. The molecule has 0 aromatic heterocycles. The molecule has 0 aliphatic rings. The summed E-state index contributed by atoms with van der Waals surface area (Å²) in [4.78, 5) is 0. The molecule has 0 radical (unpaired) electrons. The highest BCUT2D eigenvalue weighted by atomic mass is 19.4. The summed E-state index contributed by atoms with van der Waals surface area (Å²) in [6, 6.07) is 6.39. The van der Waals surface area contributed by atoms with Crippen LogP contribution in [0.2, 0.25) is 0 Å². The van der Waals surface area contributed by atoms with Crippen LogP contribution >= 0.6 is 0 Å². The molecule has 1 unspecified atom stereocenters. The van der Waals surface area contributed by atoms with E-state index in [0.717, 1.165) is 0 Å². The van der Waals surface area contributed by atoms with E-state index in [4.69, 9.17) is 0 Å². The van der Waals surface area contributed by atoms with E-state index in [1.165, 1.54) is 12.1 Å². The van der Waals surface area contributed by atoms with Crippen LogP contribution in [0.1, 0.15) is 26.3 Å². The normalized spacial score (nSPS) is 13.7. The Hall–Kier alpha value is -1.23. The Morgan fingerprint density at radius 3 is 2.33 bits per heavy atom. The summed E-state index contributed by atoms with van der Waals surface area (Å²) in [5, 5.41) is 3.18. The van der Waals surface area contributed by atoms with E-state index in [2.05, 4.69) is 23.9 Å². The lowest BCUT2D eigenvalue weighted by atomic mass is 10.1. The molecule has 0 bridgehead atoms. The van der Waals surface area contributed by atoms with Gasteiger partial charge in [0.25, 0.3) is 0 Å². The van der Waals surface area contributed by atoms with Gasteiger partial charge in [-0.3, -0.25) is 0 Å². The zero-order valence-electron chi connectivity index (χ0n) is 10.7. The summed E-state index contributed by atoms with van der Waals surface area (Å²) in [5.41, 5.74) is 0.502. The third kappa shape index (κ3) is 4.96. The molecule has 2 nitrogen and oxygen atoms in total. The summed E-state index contributed by atoms with van der Waals surface area (Å²) in [5.74, 6) is 0.272. The quantitative estimate of drug-likeness (QED) is 0.872. The van der Waals surface area contributed by atoms with Gasteiger partial charge in [-0.05, 0) is 18.9 Å². The summed E-state index contributed by atoms with van der Waals surface area (Å²) >= 11 is 0. The van der Waals surface area contributed by atoms with Crippen LogP contribution in [0.5, 0.6) is 5.75 Å². The third-order valence-corrected chi connectivity index (χ3v) is 2.81. The van der Waals surface area contributed by atoms with Crippen molar-refractivity contribution in [3.63, 3.8) is 0 Å². The topological polar surface area (TPSA) is 21.3 Å². The summed E-state index contributed by atoms with van der Waals surface area (Å²) < 4.78 is 40.6. The summed E-state index contributed by atoms with van der Waals surface area (Å²) in [7, 11) is 0. The van der Waals surface area contributed by atoms with Gasteiger partial charge < -0.3 is 10.1 Å². The number of para-hydroxylation sites is 1. The van der Waals surface area contributed by atoms with Gasteiger partial charge in [-0.1, -0.05) is 32.0 Å². The van der Waals surface area contributed by atoms with Gasteiger partial charge in [-0.25, -0.2) is 0 Å². The fraction of sp³-hybridized carbons (Fsp3) is 0.538. The minimum Gasteiger partial charge on any atom is -0.405 e. The van der Waals surface area contributed by atoms with Crippen molar-refractivity contribution in [1.29, 1.82) is 0 Å². The van der Waals surface area contributed by atoms with E-state index >= 15 is 0 Å². The molecule has 18 heavy (non-hydrogen) atoms. The predicted molar refractivity (Wildman–Crippen MR) is 64.3 cm³/mol. The zero-order valence-corrected chi connectivity index (χ0v) is 10.7. The average Bonchev–Trinajstić information content (AvgIpc) is 2.25. The smallest absolute Gasteiger partial charge is 0.405 e. The van der Waals surface area contributed by atoms with E-state index in [-0.39, 0.29) is 11.8 Å². The lowest BCUT2D eigenvalue weighted by molar-refractivity contribution is -0.274. The van der Waals surface area contributed by atoms with Crippen LogP contribution in [0.25, 0.3) is 0 Å². The SMILES string of the molecule is CC(C)C(C)NCc1ccccc1OC(F)(F)F. The minimum atomic E-state index is -4.65. The Bertz CT molecular complexity index is 377. The maximum atomic E-state index is 12.2. The number of halogens is 3. The average molecular weight is 261 g/mol. The van der Waals surface area contributed by atoms with Gasteiger partial charge >= 0.3 is 6.36 Å². The van der Waals surface area contributed by atoms with Gasteiger partial charge in [0, 0.05) is 18.2 Å². The van der Waals surface area contributed by atoms with Crippen LogP contribution < -0.4 is 10.1 Å². The van der Waals surface area contributed by atoms with Gasteiger partial charge in [0.05, 0.1) is 0 Å². The molecule has 0 amide bonds. The number of nitrogens with one attached hydrogen (secondary N) is 1. The maximum Gasteiger partial charge on any atom is 0.573 e. The van der Waals surface area contributed by atoms with Crippen LogP contribution in [0.3, 0.4) is 0 Å². The molecule has 5 heteroatoms. The zero-order chi connectivity index (χ0) is 13.8. The number of alkyl halides is 3. The van der Waals surface area contributed by atoms with Gasteiger partial charge in [0.15, 0.2) is 0 Å². The van der Waals surface area contributed by atoms with Crippen LogP contribution in [-0.4, -0.2) is 12.4 Å². The monoisotopic (exact) mass is 261 g/mol. The molecular formula is C13H18F3NO. The number of ether oxygens (including phenoxy) is 1. The number of hydrogen-bond acceptors (Lipinski definition) is 2. The second kappa shape index (κ2) is 6.09. The maximum absolute atomic E-state index is 12.2. The van der Waals surface area contributed by atoms with E-state index in [1.54, 1.807) is 12.1 Å². The van der Waals surface area contributed by atoms with Crippen LogP contribution in [-0.2, 0) is 6.54 Å². The van der Waals surface area contributed by atoms with E-state index in [0.29, 0.717) is 18.0 Å². The van der Waals surface area contributed by atoms with E-state index in [1.807, 2.05) is 6.92 Å². The molecule has 0 spiro atoms. The lowest BCUT2D eigenvalue weighted by Crippen LogP contribution is -2.30. The first kappa shape index (κ1) is 14.8. The van der Waals surface area contributed by atoms with Gasteiger partial charge in [0.2, 0.25) is 0 Å². The van der Waals surface area contributed by atoms with E-state index < -0.39 is 6.36 Å². The van der Waals surface area contributed by atoms with Crippen molar-refractivity contribution in [2.75, 3.05) is 0 Å². The molecule has 0 aliphatic carbocycles. The second-order valence-corrected chi connectivity index (χ2v) is 4.57. The highest BCUT2D eigenvalue weighted by Crippen LogP contribution is 2.26. The van der Waals surface area contributed by atoms with Gasteiger partial charge in [0.1, 0.15) is 5.75 Å².